The number of halogens is 1. The molecule has 0 bridgehead atoms. The molecular weight excluding hydrogens is 337 g/mol. The van der Waals surface area contributed by atoms with Gasteiger partial charge in [-0.2, -0.15) is 4.31 Å². The summed E-state index contributed by atoms with van der Waals surface area (Å²) in [7, 11) is -3.99. The van der Waals surface area contributed by atoms with Gasteiger partial charge in [-0.1, -0.05) is 13.8 Å². The van der Waals surface area contributed by atoms with Crippen LogP contribution in [0.2, 0.25) is 0 Å². The van der Waals surface area contributed by atoms with Crippen LogP contribution in [0.25, 0.3) is 0 Å². The van der Waals surface area contributed by atoms with E-state index in [1.807, 2.05) is 0 Å². The molecular formula is C15H22FN3O4S. The molecule has 134 valence electrons. The SMILES string of the molecule is CC(C)[C@H](N)C(=O)Nc1ccc(F)c(S(=O)(=O)N2CCOCC2)c1. The second-order valence-electron chi connectivity index (χ2n) is 5.92. The lowest BCUT2D eigenvalue weighted by molar-refractivity contribution is -0.118. The Kier molecular flexibility index (Phi) is 5.92. The first-order valence-electron chi connectivity index (χ1n) is 7.67. The predicted octanol–water partition coefficient (Wildman–Crippen LogP) is 0.768. The monoisotopic (exact) mass is 359 g/mol. The molecule has 3 N–H and O–H groups in total. The minimum atomic E-state index is -3.99. The highest BCUT2D eigenvalue weighted by Gasteiger charge is 2.29. The smallest absolute Gasteiger partial charge is 0.246 e. The minimum Gasteiger partial charge on any atom is -0.379 e. The lowest BCUT2D eigenvalue weighted by atomic mass is 10.1. The van der Waals surface area contributed by atoms with Crippen molar-refractivity contribution in [3.05, 3.63) is 24.0 Å². The summed E-state index contributed by atoms with van der Waals surface area (Å²) in [5.41, 5.74) is 5.94. The average molecular weight is 359 g/mol. The Morgan fingerprint density at radius 2 is 1.96 bits per heavy atom. The van der Waals surface area contributed by atoms with Crippen LogP contribution in [0.1, 0.15) is 13.8 Å². The molecule has 1 aliphatic rings. The summed E-state index contributed by atoms with van der Waals surface area (Å²) in [5.74, 6) is -1.40. The largest absolute Gasteiger partial charge is 0.379 e. The maximum absolute atomic E-state index is 14.1. The number of nitrogens with one attached hydrogen (secondary N) is 1. The van der Waals surface area contributed by atoms with Crippen molar-refractivity contribution < 1.29 is 22.3 Å². The van der Waals surface area contributed by atoms with Crippen molar-refractivity contribution in [3.63, 3.8) is 0 Å². The molecule has 0 radical (unpaired) electrons. The van der Waals surface area contributed by atoms with Gasteiger partial charge in [0.15, 0.2) is 0 Å². The fourth-order valence-electron chi connectivity index (χ4n) is 2.23. The number of carbonyl (C=O) groups is 1. The minimum absolute atomic E-state index is 0.0815. The Bertz CT molecular complexity index is 703. The number of nitrogens with zero attached hydrogens (tertiary/aromatic N) is 1. The highest BCUT2D eigenvalue weighted by atomic mass is 32.2. The van der Waals surface area contributed by atoms with E-state index in [-0.39, 0.29) is 37.9 Å². The molecule has 1 amide bonds. The number of rotatable bonds is 5. The maximum Gasteiger partial charge on any atom is 0.246 e. The maximum atomic E-state index is 14.1. The first-order chi connectivity index (χ1) is 11.2. The number of ether oxygens (including phenoxy) is 1. The van der Waals surface area contributed by atoms with E-state index in [0.717, 1.165) is 12.1 Å². The number of benzene rings is 1. The third kappa shape index (κ3) is 4.10. The molecule has 2 rings (SSSR count). The highest BCUT2D eigenvalue weighted by molar-refractivity contribution is 7.89. The van der Waals surface area contributed by atoms with Crippen molar-refractivity contribution in [2.45, 2.75) is 24.8 Å². The van der Waals surface area contributed by atoms with Crippen LogP contribution in [-0.2, 0) is 19.6 Å². The Hall–Kier alpha value is -1.55. The van der Waals surface area contributed by atoms with Gasteiger partial charge in [0, 0.05) is 18.8 Å². The first kappa shape index (κ1) is 18.8. The van der Waals surface area contributed by atoms with E-state index >= 15 is 0 Å². The van der Waals surface area contributed by atoms with Gasteiger partial charge in [0.1, 0.15) is 10.7 Å². The molecule has 0 spiro atoms. The molecule has 1 atom stereocenters. The molecule has 24 heavy (non-hydrogen) atoms. The molecule has 1 saturated heterocycles. The zero-order chi connectivity index (χ0) is 17.9. The number of hydrogen-bond donors (Lipinski definition) is 2. The number of anilines is 1. The molecule has 9 heteroatoms. The van der Waals surface area contributed by atoms with E-state index in [1.165, 1.54) is 10.4 Å². The van der Waals surface area contributed by atoms with Gasteiger partial charge < -0.3 is 15.8 Å². The third-order valence-electron chi connectivity index (χ3n) is 3.81. The second-order valence-corrected chi connectivity index (χ2v) is 7.83. The Morgan fingerprint density at radius 1 is 1.33 bits per heavy atom. The number of hydrogen-bond acceptors (Lipinski definition) is 5. The van der Waals surface area contributed by atoms with Crippen LogP contribution in [0, 0.1) is 11.7 Å². The predicted molar refractivity (Wildman–Crippen MR) is 87.4 cm³/mol. The molecule has 1 heterocycles. The summed E-state index contributed by atoms with van der Waals surface area (Å²) in [6.07, 6.45) is 0. The molecule has 0 aliphatic carbocycles. The Morgan fingerprint density at radius 3 is 2.54 bits per heavy atom. The number of morpholine rings is 1. The van der Waals surface area contributed by atoms with Crippen LogP contribution in [0.4, 0.5) is 10.1 Å². The number of amides is 1. The van der Waals surface area contributed by atoms with Crippen LogP contribution in [0.5, 0.6) is 0 Å². The number of carbonyl (C=O) groups excluding carboxylic acids is 1. The molecule has 0 saturated carbocycles. The van der Waals surface area contributed by atoms with Gasteiger partial charge in [0.05, 0.1) is 19.3 Å². The summed E-state index contributed by atoms with van der Waals surface area (Å²) >= 11 is 0. The topological polar surface area (TPSA) is 102 Å². The zero-order valence-corrected chi connectivity index (χ0v) is 14.5. The fraction of sp³-hybridized carbons (Fsp3) is 0.533. The Balaban J connectivity index is 2.27. The molecule has 7 nitrogen and oxygen atoms in total. The summed E-state index contributed by atoms with van der Waals surface area (Å²) in [6, 6.07) is 2.70. The lowest BCUT2D eigenvalue weighted by Crippen LogP contribution is -2.41. The summed E-state index contributed by atoms with van der Waals surface area (Å²) in [5, 5.41) is 2.53. The van der Waals surface area contributed by atoms with Gasteiger partial charge in [0.25, 0.3) is 0 Å². The van der Waals surface area contributed by atoms with Crippen molar-refractivity contribution >= 4 is 21.6 Å². The van der Waals surface area contributed by atoms with Crippen molar-refractivity contribution in [1.29, 1.82) is 0 Å². The summed E-state index contributed by atoms with van der Waals surface area (Å²) in [4.78, 5) is 11.5. The second kappa shape index (κ2) is 7.56. The lowest BCUT2D eigenvalue weighted by Gasteiger charge is -2.26. The molecule has 1 fully saturated rings. The van der Waals surface area contributed by atoms with Crippen LogP contribution < -0.4 is 11.1 Å². The summed E-state index contributed by atoms with van der Waals surface area (Å²) < 4.78 is 45.5. The fourth-order valence-corrected chi connectivity index (χ4v) is 3.73. The normalized spacial score (nSPS) is 17.7. The quantitative estimate of drug-likeness (QED) is 0.808. The van der Waals surface area contributed by atoms with Crippen molar-refractivity contribution in [2.75, 3.05) is 31.6 Å². The van der Waals surface area contributed by atoms with E-state index < -0.39 is 32.7 Å². The van der Waals surface area contributed by atoms with Gasteiger partial charge in [0.2, 0.25) is 15.9 Å². The number of sulfonamides is 1. The van der Waals surface area contributed by atoms with Crippen LogP contribution in [0.15, 0.2) is 23.1 Å². The number of nitrogens with two attached hydrogens (primary N) is 1. The van der Waals surface area contributed by atoms with Gasteiger partial charge in [-0.15, -0.1) is 0 Å². The molecule has 1 aromatic carbocycles. The van der Waals surface area contributed by atoms with E-state index in [1.54, 1.807) is 13.8 Å². The van der Waals surface area contributed by atoms with Gasteiger partial charge in [-0.3, -0.25) is 4.79 Å². The standard InChI is InChI=1S/C15H22FN3O4S/c1-10(2)14(17)15(20)18-11-3-4-12(16)13(9-11)24(21,22)19-5-7-23-8-6-19/h3-4,9-10,14H,5-8,17H2,1-2H3,(H,18,20)/t14-/m0/s1. The van der Waals surface area contributed by atoms with Crippen LogP contribution in [0.3, 0.4) is 0 Å². The van der Waals surface area contributed by atoms with Gasteiger partial charge in [-0.25, -0.2) is 12.8 Å². The van der Waals surface area contributed by atoms with E-state index in [9.17, 15) is 17.6 Å². The van der Waals surface area contributed by atoms with Gasteiger partial charge >= 0.3 is 0 Å². The zero-order valence-electron chi connectivity index (χ0n) is 13.7. The molecule has 1 aromatic rings. The molecule has 1 aliphatic heterocycles. The third-order valence-corrected chi connectivity index (χ3v) is 5.72. The highest BCUT2D eigenvalue weighted by Crippen LogP contribution is 2.24. The van der Waals surface area contributed by atoms with E-state index in [0.29, 0.717) is 0 Å². The average Bonchev–Trinajstić information content (AvgIpc) is 2.56. The molecule has 0 unspecified atom stereocenters. The van der Waals surface area contributed by atoms with Crippen molar-refractivity contribution in [2.24, 2.45) is 11.7 Å². The van der Waals surface area contributed by atoms with Crippen LogP contribution in [-0.4, -0.2) is 51.0 Å². The molecule has 0 aromatic heterocycles. The van der Waals surface area contributed by atoms with Gasteiger partial charge in [-0.05, 0) is 24.1 Å². The first-order valence-corrected chi connectivity index (χ1v) is 9.11. The van der Waals surface area contributed by atoms with E-state index in [2.05, 4.69) is 5.32 Å². The Labute approximate surface area is 141 Å². The van der Waals surface area contributed by atoms with Crippen LogP contribution >= 0.6 is 0 Å². The summed E-state index contributed by atoms with van der Waals surface area (Å²) in [6.45, 7) is 4.45. The van der Waals surface area contributed by atoms with Crippen molar-refractivity contribution in [1.82, 2.24) is 4.31 Å². The van der Waals surface area contributed by atoms with E-state index in [4.69, 9.17) is 10.5 Å². The van der Waals surface area contributed by atoms with Crippen molar-refractivity contribution in [3.8, 4) is 0 Å².